The van der Waals surface area contributed by atoms with E-state index in [9.17, 15) is 9.90 Å². The number of aliphatic hydroxyl groups is 1. The summed E-state index contributed by atoms with van der Waals surface area (Å²) in [5, 5.41) is 18.1. The molecule has 5 N–H and O–H groups in total. The number of nitrogens with one attached hydrogen (secondary N) is 2. The molecule has 0 aromatic heterocycles. The molecule has 8 bridgehead atoms. The predicted molar refractivity (Wildman–Crippen MR) is 183 cm³/mol. The van der Waals surface area contributed by atoms with Crippen molar-refractivity contribution in [3.8, 4) is 0 Å². The fourth-order valence-corrected chi connectivity index (χ4v) is 7.25. The van der Waals surface area contributed by atoms with Gasteiger partial charge in [0.15, 0.2) is 0 Å². The third-order valence-electron chi connectivity index (χ3n) is 9.94. The van der Waals surface area contributed by atoms with E-state index in [4.69, 9.17) is 20.7 Å². The third-order valence-corrected chi connectivity index (χ3v) is 9.94. The van der Waals surface area contributed by atoms with Crippen molar-refractivity contribution in [2.75, 3.05) is 13.1 Å². The Morgan fingerprint density at radius 2 is 1.84 bits per heavy atom. The highest BCUT2D eigenvalue weighted by Gasteiger charge is 2.41. The van der Waals surface area contributed by atoms with Crippen molar-refractivity contribution in [2.45, 2.75) is 73.1 Å². The second kappa shape index (κ2) is 12.2. The highest BCUT2D eigenvalue weighted by Crippen LogP contribution is 2.46. The largest absolute Gasteiger partial charge is 0.511 e. The zero-order chi connectivity index (χ0) is 32.0. The van der Waals surface area contributed by atoms with Crippen molar-refractivity contribution in [1.82, 2.24) is 10.6 Å². The van der Waals surface area contributed by atoms with Crippen LogP contribution in [0.5, 0.6) is 0 Å². The Bertz CT molecular complexity index is 1750. The molecule has 0 unspecified atom stereocenters. The lowest BCUT2D eigenvalue weighted by molar-refractivity contribution is -0.121. The molecule has 8 nitrogen and oxygen atoms in total. The fourth-order valence-electron chi connectivity index (χ4n) is 7.25. The van der Waals surface area contributed by atoms with Crippen molar-refractivity contribution in [1.29, 1.82) is 0 Å². The molecular formula is C37H44N6O2. The van der Waals surface area contributed by atoms with Gasteiger partial charge >= 0.3 is 0 Å². The zero-order valence-corrected chi connectivity index (χ0v) is 27.1. The van der Waals surface area contributed by atoms with Gasteiger partial charge in [-0.2, -0.15) is 0 Å². The number of carbonyl (C=O) groups excluding carboxylic acids is 1. The molecule has 0 saturated carbocycles. The van der Waals surface area contributed by atoms with Gasteiger partial charge in [-0.1, -0.05) is 26.5 Å². The molecule has 0 radical (unpaired) electrons. The van der Waals surface area contributed by atoms with Crippen LogP contribution in [0.15, 0.2) is 119 Å². The summed E-state index contributed by atoms with van der Waals surface area (Å²) < 4.78 is 0. The van der Waals surface area contributed by atoms with Crippen molar-refractivity contribution in [3.05, 3.63) is 104 Å². The average molecular weight is 605 g/mol. The number of unbranched alkanes of at least 4 members (excludes halogenated alkanes) is 1. The minimum atomic E-state index is 0.0489. The van der Waals surface area contributed by atoms with E-state index in [1.54, 1.807) is 0 Å². The summed E-state index contributed by atoms with van der Waals surface area (Å²) in [6.07, 6.45) is 12.3. The van der Waals surface area contributed by atoms with Crippen molar-refractivity contribution in [3.63, 3.8) is 0 Å². The Morgan fingerprint density at radius 1 is 1.09 bits per heavy atom. The van der Waals surface area contributed by atoms with Crippen molar-refractivity contribution < 1.29 is 9.90 Å². The van der Waals surface area contributed by atoms with E-state index in [1.165, 1.54) is 5.57 Å². The molecule has 5 heterocycles. The second-order valence-corrected chi connectivity index (χ2v) is 12.6. The van der Waals surface area contributed by atoms with E-state index in [-0.39, 0.29) is 17.7 Å². The highest BCUT2D eigenvalue weighted by atomic mass is 16.3. The minimum absolute atomic E-state index is 0.0489. The van der Waals surface area contributed by atoms with Crippen molar-refractivity contribution in [2.24, 2.45) is 32.5 Å². The predicted octanol–water partition coefficient (Wildman–Crippen LogP) is 6.48. The molecule has 234 valence electrons. The van der Waals surface area contributed by atoms with Gasteiger partial charge < -0.3 is 21.5 Å². The lowest BCUT2D eigenvalue weighted by Crippen LogP contribution is -2.26. The maximum absolute atomic E-state index is 12.8. The average Bonchev–Trinajstić information content (AvgIpc) is 3.76. The van der Waals surface area contributed by atoms with E-state index >= 15 is 0 Å². The summed E-state index contributed by atoms with van der Waals surface area (Å²) >= 11 is 0. The van der Waals surface area contributed by atoms with Gasteiger partial charge in [-0.15, -0.1) is 0 Å². The molecule has 1 fully saturated rings. The SMILES string of the molecule is C=CC1=C(C)C2=NC1=CC1=NC(=CC3=C(C)C4=C(O)CC(=C5NC(=C2)[C@@H](C)[C@@H]5CCC(=O)NCCCCN)C4=N3)C(CC)=C1C. The molecule has 1 saturated heterocycles. The topological polar surface area (TPSA) is 124 Å². The van der Waals surface area contributed by atoms with Crippen molar-refractivity contribution >= 4 is 23.0 Å². The molecule has 5 aliphatic heterocycles. The summed E-state index contributed by atoms with van der Waals surface area (Å²) in [6.45, 7) is 16.0. The summed E-state index contributed by atoms with van der Waals surface area (Å²) in [7, 11) is 0. The van der Waals surface area contributed by atoms with Gasteiger partial charge in [-0.25, -0.2) is 15.0 Å². The fraction of sp³-hybridized carbons (Fsp3) is 0.405. The van der Waals surface area contributed by atoms with Crippen LogP contribution < -0.4 is 16.4 Å². The summed E-state index contributed by atoms with van der Waals surface area (Å²) in [6, 6.07) is 0. The van der Waals surface area contributed by atoms with E-state index in [2.05, 4.69) is 63.1 Å². The molecule has 0 spiro atoms. The smallest absolute Gasteiger partial charge is 0.220 e. The maximum Gasteiger partial charge on any atom is 0.220 e. The number of aliphatic imine (C=N–C) groups is 3. The lowest BCUT2D eigenvalue weighted by Gasteiger charge is -2.18. The molecular weight excluding hydrogens is 560 g/mol. The Labute approximate surface area is 266 Å². The first-order chi connectivity index (χ1) is 21.7. The Morgan fingerprint density at radius 3 is 2.58 bits per heavy atom. The van der Waals surface area contributed by atoms with E-state index in [1.807, 2.05) is 13.0 Å². The second-order valence-electron chi connectivity index (χ2n) is 12.6. The van der Waals surface area contributed by atoms with Gasteiger partial charge in [0, 0.05) is 59.3 Å². The number of nitrogens with two attached hydrogens (primary N) is 1. The van der Waals surface area contributed by atoms with E-state index < -0.39 is 0 Å². The Kier molecular flexibility index (Phi) is 8.35. The van der Waals surface area contributed by atoms with Gasteiger partial charge in [0.25, 0.3) is 0 Å². The molecule has 6 rings (SSSR count). The lowest BCUT2D eigenvalue weighted by atomic mass is 9.86. The number of amides is 1. The van der Waals surface area contributed by atoms with Crippen LogP contribution in [0.1, 0.15) is 73.1 Å². The van der Waals surface area contributed by atoms with Crippen LogP contribution in [0.2, 0.25) is 0 Å². The van der Waals surface area contributed by atoms with Crippen LogP contribution in [0.25, 0.3) is 0 Å². The first kappa shape index (κ1) is 30.7. The highest BCUT2D eigenvalue weighted by molar-refractivity contribution is 6.21. The molecule has 0 aromatic carbocycles. The van der Waals surface area contributed by atoms with Crippen LogP contribution in [-0.2, 0) is 4.79 Å². The number of hydrogen-bond acceptors (Lipinski definition) is 7. The molecule has 8 heteroatoms. The normalized spacial score (nSPS) is 23.8. The van der Waals surface area contributed by atoms with E-state index in [0.717, 1.165) is 98.3 Å². The van der Waals surface area contributed by atoms with Crippen LogP contribution in [0.3, 0.4) is 0 Å². The van der Waals surface area contributed by atoms with Gasteiger partial charge in [0.1, 0.15) is 5.76 Å². The van der Waals surface area contributed by atoms with Crippen LogP contribution in [0, 0.1) is 11.8 Å². The summed E-state index contributed by atoms with van der Waals surface area (Å²) in [5.74, 6) is 0.540. The number of aliphatic hydroxyl groups excluding tert-OH is 1. The van der Waals surface area contributed by atoms with Gasteiger partial charge in [0.2, 0.25) is 5.91 Å². The first-order valence-electron chi connectivity index (χ1n) is 16.2. The molecule has 1 amide bonds. The molecule has 0 aromatic rings. The molecule has 45 heavy (non-hydrogen) atoms. The Balaban J connectivity index is 1.48. The molecule has 1 aliphatic carbocycles. The number of fused-ring (bicyclic) bond motifs is 5. The van der Waals surface area contributed by atoms with Gasteiger partial charge in [-0.3, -0.25) is 4.79 Å². The number of nitrogens with zero attached hydrogens (tertiary/aromatic N) is 3. The number of hydrogen-bond donors (Lipinski definition) is 4. The maximum atomic E-state index is 12.8. The number of carbonyl (C=O) groups is 1. The van der Waals surface area contributed by atoms with Crippen LogP contribution >= 0.6 is 0 Å². The molecule has 2 atom stereocenters. The Hall–Kier alpha value is -4.30. The third kappa shape index (κ3) is 5.35. The first-order valence-corrected chi connectivity index (χ1v) is 16.2. The monoisotopic (exact) mass is 604 g/mol. The number of allylic oxidation sites excluding steroid dienone is 12. The van der Waals surface area contributed by atoms with E-state index in [0.29, 0.717) is 38.1 Å². The number of rotatable bonds is 9. The van der Waals surface area contributed by atoms with Crippen LogP contribution in [-0.4, -0.2) is 41.2 Å². The van der Waals surface area contributed by atoms with Gasteiger partial charge in [0.05, 0.1) is 34.2 Å². The standard InChI is InChI=1S/C37H44N6O2/c1-7-23-19(3)27-16-29-21(5)25(11-12-34(45)39-14-10-9-13-38)36(42-29)26-15-33(44)35-22(6)30(43-37(26)35)18-32-24(8-2)20(4)28(41-32)17-31(23)40-27/h7,16-18,21,25,42,44H,1,8-15,38H2,2-6H3,(H,39,45)/t21-,25-/m0/s1. The zero-order valence-electron chi connectivity index (χ0n) is 27.1. The quantitative estimate of drug-likeness (QED) is 0.225. The summed E-state index contributed by atoms with van der Waals surface area (Å²) in [5.41, 5.74) is 20.0. The van der Waals surface area contributed by atoms with Gasteiger partial charge in [-0.05, 0) is 93.5 Å². The van der Waals surface area contributed by atoms with Crippen LogP contribution in [0.4, 0.5) is 0 Å². The minimum Gasteiger partial charge on any atom is -0.511 e. The summed E-state index contributed by atoms with van der Waals surface area (Å²) in [4.78, 5) is 28.1. The molecule has 6 aliphatic rings.